The molecular weight excluding hydrogens is 486 g/mol. The van der Waals surface area contributed by atoms with Crippen LogP contribution in [0.1, 0.15) is 17.7 Å². The molecule has 9 nitrogen and oxygen atoms in total. The molecule has 2 aliphatic heterocycles. The number of primary amides is 1. The van der Waals surface area contributed by atoms with Gasteiger partial charge < -0.3 is 29.7 Å². The standard InChI is InChI=1S/C23H23ClF2N4O5/c24-12-8-16-22(28-15(12)5-4-11-13(25)2-1-3-14(11)26)30-23(29-16)35-18-10-34-20-17(9-33-21(18)20)32-7-6-19(27)31/h1-3,8,17-18,20-21H,4-7,9-10H2,(H2,27,31)(H,28,29,30)/t17-,18-,20-,21-/m1/s1. The third-order valence-corrected chi connectivity index (χ3v) is 6.38. The molecule has 0 saturated carbocycles. The Balaban J connectivity index is 1.24. The summed E-state index contributed by atoms with van der Waals surface area (Å²) < 4.78 is 51.1. The van der Waals surface area contributed by atoms with E-state index in [0.717, 1.165) is 0 Å². The number of fused-ring (bicyclic) bond motifs is 2. The SMILES string of the molecule is NC(=O)CCO[C@@H]1CO[C@H]2[C@@H]1OC[C@H]2Oc1nc2nc(CCc3c(F)cccc3F)c(Cl)cc2[nH]1. The number of nitrogens with one attached hydrogen (secondary N) is 1. The first kappa shape index (κ1) is 23.9. The first-order valence-corrected chi connectivity index (χ1v) is 11.5. The van der Waals surface area contributed by atoms with Crippen LogP contribution in [0, 0.1) is 11.6 Å². The summed E-state index contributed by atoms with van der Waals surface area (Å²) in [5.41, 5.74) is 6.52. The fourth-order valence-electron chi connectivity index (χ4n) is 4.31. The molecular formula is C23H23ClF2N4O5. The van der Waals surface area contributed by atoms with Crippen LogP contribution in [-0.2, 0) is 31.8 Å². The summed E-state index contributed by atoms with van der Waals surface area (Å²) in [7, 11) is 0. The Hall–Kier alpha value is -2.86. The van der Waals surface area contributed by atoms with Crippen LogP contribution in [0.25, 0.3) is 11.2 Å². The van der Waals surface area contributed by atoms with Crippen LogP contribution in [0.3, 0.4) is 0 Å². The molecule has 2 aromatic heterocycles. The zero-order valence-electron chi connectivity index (χ0n) is 18.5. The number of benzene rings is 1. The monoisotopic (exact) mass is 508 g/mol. The highest BCUT2D eigenvalue weighted by atomic mass is 35.5. The molecule has 1 amide bonds. The van der Waals surface area contributed by atoms with Crippen LogP contribution >= 0.6 is 11.6 Å². The zero-order valence-corrected chi connectivity index (χ0v) is 19.3. The van der Waals surface area contributed by atoms with Gasteiger partial charge in [-0.05, 0) is 31.0 Å². The number of hydrogen-bond acceptors (Lipinski definition) is 7. The normalized spacial score (nSPS) is 23.6. The van der Waals surface area contributed by atoms with Crippen LogP contribution in [0.5, 0.6) is 6.01 Å². The van der Waals surface area contributed by atoms with E-state index in [-0.39, 0.29) is 62.4 Å². The van der Waals surface area contributed by atoms with Crippen molar-refractivity contribution in [2.24, 2.45) is 5.73 Å². The van der Waals surface area contributed by atoms with Gasteiger partial charge in [-0.15, -0.1) is 0 Å². The van der Waals surface area contributed by atoms with Gasteiger partial charge in [-0.25, -0.2) is 13.8 Å². The fraction of sp³-hybridized carbons (Fsp3) is 0.435. The van der Waals surface area contributed by atoms with Crippen molar-refractivity contribution in [3.63, 3.8) is 0 Å². The summed E-state index contributed by atoms with van der Waals surface area (Å²) in [6.07, 6.45) is -0.956. The van der Waals surface area contributed by atoms with E-state index >= 15 is 0 Å². The summed E-state index contributed by atoms with van der Waals surface area (Å²) in [5.74, 6) is -1.65. The van der Waals surface area contributed by atoms with Crippen molar-refractivity contribution in [3.05, 3.63) is 52.2 Å². The van der Waals surface area contributed by atoms with Gasteiger partial charge in [0, 0.05) is 12.0 Å². The lowest BCUT2D eigenvalue weighted by Gasteiger charge is -2.16. The molecule has 2 fully saturated rings. The van der Waals surface area contributed by atoms with E-state index in [4.69, 9.17) is 36.3 Å². The highest BCUT2D eigenvalue weighted by molar-refractivity contribution is 6.31. The highest BCUT2D eigenvalue weighted by Crippen LogP contribution is 2.32. The Morgan fingerprint density at radius 1 is 1.14 bits per heavy atom. The zero-order chi connectivity index (χ0) is 24.5. The molecule has 2 saturated heterocycles. The van der Waals surface area contributed by atoms with Crippen LogP contribution in [-0.4, -0.2) is 65.1 Å². The number of pyridine rings is 1. The number of aromatic amines is 1. The second kappa shape index (κ2) is 10.0. The minimum absolute atomic E-state index is 0.0132. The molecule has 3 N–H and O–H groups in total. The van der Waals surface area contributed by atoms with Gasteiger partial charge in [0.25, 0.3) is 6.01 Å². The number of imidazole rings is 1. The van der Waals surface area contributed by atoms with Crippen molar-refractivity contribution < 1.29 is 32.5 Å². The number of aromatic nitrogens is 3. The summed E-state index contributed by atoms with van der Waals surface area (Å²) in [5, 5.41) is 0.351. The number of carbonyl (C=O) groups excluding carboxylic acids is 1. The Labute approximate surface area is 203 Å². The van der Waals surface area contributed by atoms with Crippen LogP contribution < -0.4 is 10.5 Å². The van der Waals surface area contributed by atoms with Crippen molar-refractivity contribution in [2.75, 3.05) is 19.8 Å². The van der Waals surface area contributed by atoms with Gasteiger partial charge in [0.15, 0.2) is 11.8 Å². The third kappa shape index (κ3) is 5.08. The van der Waals surface area contributed by atoms with E-state index in [0.29, 0.717) is 28.5 Å². The quantitative estimate of drug-likeness (QED) is 0.455. The maximum Gasteiger partial charge on any atom is 0.296 e. The van der Waals surface area contributed by atoms with Crippen molar-refractivity contribution in [1.29, 1.82) is 0 Å². The molecule has 0 unspecified atom stereocenters. The van der Waals surface area contributed by atoms with Gasteiger partial charge in [-0.2, -0.15) is 4.98 Å². The number of hydrogen-bond donors (Lipinski definition) is 2. The molecule has 186 valence electrons. The van der Waals surface area contributed by atoms with E-state index in [1.807, 2.05) is 0 Å². The summed E-state index contributed by atoms with van der Waals surface area (Å²) in [6, 6.07) is 5.63. The first-order chi connectivity index (χ1) is 16.9. The molecule has 12 heteroatoms. The van der Waals surface area contributed by atoms with Gasteiger partial charge in [0.1, 0.15) is 29.9 Å². The van der Waals surface area contributed by atoms with E-state index in [2.05, 4.69) is 15.0 Å². The largest absolute Gasteiger partial charge is 0.456 e. The Bertz CT molecular complexity index is 1220. The fourth-order valence-corrected chi connectivity index (χ4v) is 4.55. The minimum atomic E-state index is -0.607. The molecule has 3 aromatic rings. The number of aryl methyl sites for hydroxylation is 1. The Morgan fingerprint density at radius 2 is 1.86 bits per heavy atom. The van der Waals surface area contributed by atoms with E-state index in [9.17, 15) is 13.6 Å². The Kier molecular flexibility index (Phi) is 6.83. The number of amides is 1. The second-order valence-corrected chi connectivity index (χ2v) is 8.82. The Morgan fingerprint density at radius 3 is 2.60 bits per heavy atom. The van der Waals surface area contributed by atoms with Crippen LogP contribution in [0.4, 0.5) is 8.78 Å². The van der Waals surface area contributed by atoms with Crippen molar-refractivity contribution >= 4 is 28.7 Å². The first-order valence-electron chi connectivity index (χ1n) is 11.2. The van der Waals surface area contributed by atoms with Gasteiger partial charge in [0.05, 0.1) is 36.1 Å². The molecule has 0 spiro atoms. The number of carbonyl (C=O) groups is 1. The lowest BCUT2D eigenvalue weighted by atomic mass is 10.1. The number of H-pyrrole nitrogens is 1. The smallest absolute Gasteiger partial charge is 0.296 e. The van der Waals surface area contributed by atoms with Gasteiger partial charge in [-0.1, -0.05) is 17.7 Å². The van der Waals surface area contributed by atoms with Crippen molar-refractivity contribution in [3.8, 4) is 6.01 Å². The highest BCUT2D eigenvalue weighted by Gasteiger charge is 2.49. The minimum Gasteiger partial charge on any atom is -0.456 e. The lowest BCUT2D eigenvalue weighted by Crippen LogP contribution is -2.36. The van der Waals surface area contributed by atoms with E-state index < -0.39 is 23.6 Å². The topological polar surface area (TPSA) is 122 Å². The average Bonchev–Trinajstić information content (AvgIpc) is 3.50. The van der Waals surface area contributed by atoms with Crippen molar-refractivity contribution in [1.82, 2.24) is 15.0 Å². The number of nitrogens with zero attached hydrogens (tertiary/aromatic N) is 2. The molecule has 0 bridgehead atoms. The molecule has 4 heterocycles. The van der Waals surface area contributed by atoms with Gasteiger partial charge >= 0.3 is 0 Å². The van der Waals surface area contributed by atoms with Gasteiger partial charge in [0.2, 0.25) is 5.91 Å². The van der Waals surface area contributed by atoms with Crippen molar-refractivity contribution in [2.45, 2.75) is 43.7 Å². The molecule has 35 heavy (non-hydrogen) atoms. The maximum absolute atomic E-state index is 13.9. The molecule has 4 atom stereocenters. The third-order valence-electron chi connectivity index (χ3n) is 6.06. The average molecular weight is 509 g/mol. The molecule has 1 aromatic carbocycles. The van der Waals surface area contributed by atoms with Crippen LogP contribution in [0.2, 0.25) is 5.02 Å². The molecule has 5 rings (SSSR count). The number of ether oxygens (including phenoxy) is 4. The predicted octanol–water partition coefficient (Wildman–Crippen LogP) is 2.48. The lowest BCUT2D eigenvalue weighted by molar-refractivity contribution is -0.120. The predicted molar refractivity (Wildman–Crippen MR) is 120 cm³/mol. The maximum atomic E-state index is 13.9. The second-order valence-electron chi connectivity index (χ2n) is 8.41. The van der Waals surface area contributed by atoms with Crippen LogP contribution in [0.15, 0.2) is 24.3 Å². The van der Waals surface area contributed by atoms with E-state index in [1.54, 1.807) is 6.07 Å². The number of rotatable bonds is 9. The number of nitrogens with two attached hydrogens (primary N) is 1. The summed E-state index contributed by atoms with van der Waals surface area (Å²) in [6.45, 7) is 0.788. The van der Waals surface area contributed by atoms with E-state index in [1.165, 1.54) is 18.2 Å². The molecule has 0 radical (unpaired) electrons. The summed E-state index contributed by atoms with van der Waals surface area (Å²) in [4.78, 5) is 22.8. The molecule has 2 aliphatic rings. The molecule has 0 aliphatic carbocycles. The summed E-state index contributed by atoms with van der Waals surface area (Å²) >= 11 is 6.36. The van der Waals surface area contributed by atoms with Gasteiger partial charge in [-0.3, -0.25) is 4.79 Å². The number of halogens is 3.